The van der Waals surface area contributed by atoms with Crippen LogP contribution >= 0.6 is 12.6 Å². The van der Waals surface area contributed by atoms with Crippen molar-refractivity contribution in [3.8, 4) is 5.75 Å². The number of hydrogen-bond acceptors (Lipinski definition) is 6. The fourth-order valence-corrected chi connectivity index (χ4v) is 3.63. The lowest BCUT2D eigenvalue weighted by Gasteiger charge is -2.26. The maximum atomic E-state index is 11.6. The van der Waals surface area contributed by atoms with Gasteiger partial charge in [-0.05, 0) is 68.8 Å². The largest absolute Gasteiger partial charge is 0.493 e. The molecule has 1 aromatic heterocycles. The molecule has 0 spiro atoms. The zero-order valence-corrected chi connectivity index (χ0v) is 25.0. The van der Waals surface area contributed by atoms with Crippen molar-refractivity contribution in [1.29, 1.82) is 0 Å². The number of nitrogens with zero attached hydrogens (tertiary/aromatic N) is 2. The van der Waals surface area contributed by atoms with E-state index < -0.39 is 0 Å². The standard InChI is InChI=1S/C14H18BN2O3S.C14H17NO.C2H6/c1-9(14(2,3)21)20-15-10-4-6-11(7-5-10)17-13(19)8-12(18)16-17;1-3-9-16-14-6-5-11(4-2)12-7-8-15-10-13(12)14;1-2/h4-7,9,21H,8H2,1-3H3,(H,16,18);5-8,10H,3-4,9H2,1-2H3;1-2H3. The third-order valence-corrected chi connectivity index (χ3v) is 6.43. The second kappa shape index (κ2) is 15.5. The molecule has 39 heavy (non-hydrogen) atoms. The Morgan fingerprint density at radius 3 is 2.33 bits per heavy atom. The fourth-order valence-electron chi connectivity index (χ4n) is 3.57. The third-order valence-electron chi connectivity index (χ3n) is 6.06. The van der Waals surface area contributed by atoms with Gasteiger partial charge in [0, 0.05) is 22.5 Å². The summed E-state index contributed by atoms with van der Waals surface area (Å²) in [5.41, 5.74) is 5.36. The van der Waals surface area contributed by atoms with Gasteiger partial charge in [-0.1, -0.05) is 51.4 Å². The van der Waals surface area contributed by atoms with Crippen LogP contribution in [0.2, 0.25) is 0 Å². The topological polar surface area (TPSA) is 80.8 Å². The Hall–Kier alpha value is -3.04. The normalized spacial score (nSPS) is 13.6. The zero-order valence-electron chi connectivity index (χ0n) is 24.2. The van der Waals surface area contributed by atoms with Crippen LogP contribution in [0, 0.1) is 0 Å². The number of aromatic nitrogens is 1. The van der Waals surface area contributed by atoms with Crippen LogP contribution in [0.15, 0.2) is 54.9 Å². The number of pyridine rings is 1. The second-order valence-corrected chi connectivity index (χ2v) is 10.6. The van der Waals surface area contributed by atoms with Gasteiger partial charge in [0.25, 0.3) is 5.91 Å². The average Bonchev–Trinajstić information content (AvgIpc) is 3.29. The summed E-state index contributed by atoms with van der Waals surface area (Å²) in [6.07, 6.45) is 5.64. The number of aryl methyl sites for hydroxylation is 1. The number of anilines is 1. The summed E-state index contributed by atoms with van der Waals surface area (Å²) in [6.45, 7) is 15.0. The molecular weight excluding hydrogens is 509 g/mol. The van der Waals surface area contributed by atoms with E-state index in [1.807, 2.05) is 59.1 Å². The minimum atomic E-state index is -0.288. The molecule has 0 bridgehead atoms. The summed E-state index contributed by atoms with van der Waals surface area (Å²) < 4.78 is 11.1. The van der Waals surface area contributed by atoms with Crippen LogP contribution in [0.4, 0.5) is 5.69 Å². The van der Waals surface area contributed by atoms with E-state index in [1.54, 1.807) is 19.6 Å². The number of rotatable bonds is 9. The maximum absolute atomic E-state index is 11.6. The molecule has 0 aliphatic carbocycles. The lowest BCUT2D eigenvalue weighted by Crippen LogP contribution is -2.36. The molecule has 2 aromatic carbocycles. The molecular formula is C30H41BN3O4S. The number of hydrogen-bond donors (Lipinski definition) is 2. The van der Waals surface area contributed by atoms with Crippen molar-refractivity contribution in [3.63, 3.8) is 0 Å². The maximum Gasteiger partial charge on any atom is 0.330 e. The van der Waals surface area contributed by atoms with E-state index in [1.165, 1.54) is 16.0 Å². The van der Waals surface area contributed by atoms with Crippen LogP contribution in [-0.2, 0) is 20.7 Å². The van der Waals surface area contributed by atoms with Crippen molar-refractivity contribution >= 4 is 53.8 Å². The Morgan fingerprint density at radius 1 is 1.08 bits per heavy atom. The summed E-state index contributed by atoms with van der Waals surface area (Å²) in [5, 5.41) is 3.63. The Labute approximate surface area is 239 Å². The summed E-state index contributed by atoms with van der Waals surface area (Å²) in [6, 6.07) is 13.4. The van der Waals surface area contributed by atoms with Gasteiger partial charge in [0.05, 0.1) is 18.4 Å². The van der Waals surface area contributed by atoms with E-state index in [-0.39, 0.29) is 29.1 Å². The monoisotopic (exact) mass is 550 g/mol. The van der Waals surface area contributed by atoms with Crippen LogP contribution in [0.3, 0.4) is 0 Å². The number of ether oxygens (including phenoxy) is 1. The summed E-state index contributed by atoms with van der Waals surface area (Å²) in [4.78, 5) is 26.9. The van der Waals surface area contributed by atoms with Crippen LogP contribution in [0.5, 0.6) is 5.75 Å². The van der Waals surface area contributed by atoms with E-state index in [9.17, 15) is 9.59 Å². The first-order valence-corrected chi connectivity index (χ1v) is 14.0. The first-order chi connectivity index (χ1) is 18.6. The Bertz CT molecular complexity index is 1220. The molecule has 0 saturated carbocycles. The number of nitrogens with one attached hydrogen (secondary N) is 1. The van der Waals surface area contributed by atoms with Crippen molar-refractivity contribution in [2.75, 3.05) is 11.6 Å². The molecule has 1 saturated heterocycles. The fraction of sp³-hybridized carbons (Fsp3) is 0.433. The van der Waals surface area contributed by atoms with Gasteiger partial charge < -0.3 is 9.39 Å². The number of fused-ring (bicyclic) bond motifs is 1. The SMILES string of the molecule is CC.CC(O[B]c1ccc(N2NC(=O)CC2=O)cc1)C(C)(C)S.CCCOc1ccc(CC)c2ccncc12. The molecule has 2 amide bonds. The summed E-state index contributed by atoms with van der Waals surface area (Å²) in [7, 11) is 1.66. The lowest BCUT2D eigenvalue weighted by atomic mass is 9.87. The van der Waals surface area contributed by atoms with Crippen molar-refractivity contribution in [2.45, 2.75) is 78.6 Å². The highest BCUT2D eigenvalue weighted by Crippen LogP contribution is 2.28. The predicted octanol–water partition coefficient (Wildman–Crippen LogP) is 5.42. The first-order valence-electron chi connectivity index (χ1n) is 13.6. The molecule has 1 N–H and O–H groups in total. The predicted molar refractivity (Wildman–Crippen MR) is 164 cm³/mol. The van der Waals surface area contributed by atoms with Crippen LogP contribution < -0.4 is 20.6 Å². The quantitative estimate of drug-likeness (QED) is 0.211. The van der Waals surface area contributed by atoms with Gasteiger partial charge >= 0.3 is 7.48 Å². The van der Waals surface area contributed by atoms with Gasteiger partial charge in [-0.3, -0.25) is 20.0 Å². The van der Waals surface area contributed by atoms with Gasteiger partial charge in [-0.2, -0.15) is 12.6 Å². The summed E-state index contributed by atoms with van der Waals surface area (Å²) >= 11 is 4.46. The second-order valence-electron chi connectivity index (χ2n) is 9.43. The van der Waals surface area contributed by atoms with E-state index in [0.717, 1.165) is 36.0 Å². The molecule has 209 valence electrons. The van der Waals surface area contributed by atoms with E-state index >= 15 is 0 Å². The number of carbonyl (C=O) groups is 2. The molecule has 1 aliphatic rings. The van der Waals surface area contributed by atoms with Gasteiger partial charge in [0.2, 0.25) is 5.91 Å². The number of carbonyl (C=O) groups excluding carboxylic acids is 2. The molecule has 9 heteroatoms. The van der Waals surface area contributed by atoms with E-state index in [4.69, 9.17) is 9.39 Å². The number of thiol groups is 1. The Kier molecular flexibility index (Phi) is 12.8. The highest BCUT2D eigenvalue weighted by Gasteiger charge is 2.28. The van der Waals surface area contributed by atoms with Crippen LogP contribution in [-0.4, -0.2) is 41.7 Å². The molecule has 3 aromatic rings. The zero-order chi connectivity index (χ0) is 29.0. The number of hydrazine groups is 1. The van der Waals surface area contributed by atoms with Crippen LogP contribution in [0.25, 0.3) is 10.8 Å². The van der Waals surface area contributed by atoms with Gasteiger partial charge in [-0.15, -0.1) is 0 Å². The smallest absolute Gasteiger partial charge is 0.330 e. The van der Waals surface area contributed by atoms with Crippen molar-refractivity contribution in [3.05, 3.63) is 60.4 Å². The number of amides is 2. The molecule has 1 fully saturated rings. The number of benzene rings is 2. The lowest BCUT2D eigenvalue weighted by molar-refractivity contribution is -0.122. The van der Waals surface area contributed by atoms with Crippen LogP contribution in [0.1, 0.15) is 66.9 Å². The minimum Gasteiger partial charge on any atom is -0.493 e. The molecule has 1 aliphatic heterocycles. The molecule has 1 radical (unpaired) electrons. The Morgan fingerprint density at radius 2 is 1.77 bits per heavy atom. The average molecular weight is 551 g/mol. The van der Waals surface area contributed by atoms with Crippen molar-refractivity contribution in [1.82, 2.24) is 10.4 Å². The van der Waals surface area contributed by atoms with E-state index in [2.05, 4.69) is 55.1 Å². The first kappa shape index (κ1) is 32.2. The molecule has 2 heterocycles. The Balaban J connectivity index is 0.000000265. The van der Waals surface area contributed by atoms with E-state index in [0.29, 0.717) is 5.69 Å². The third kappa shape index (κ3) is 9.29. The van der Waals surface area contributed by atoms with Crippen molar-refractivity contribution in [2.24, 2.45) is 0 Å². The highest BCUT2D eigenvalue weighted by atomic mass is 32.1. The van der Waals surface area contributed by atoms with Crippen molar-refractivity contribution < 1.29 is 19.0 Å². The highest BCUT2D eigenvalue weighted by molar-refractivity contribution is 7.81. The molecule has 1 unspecified atom stereocenters. The van der Waals surface area contributed by atoms with Gasteiger partial charge in [-0.25, -0.2) is 5.01 Å². The summed E-state index contributed by atoms with van der Waals surface area (Å²) in [5.74, 6) is 0.407. The minimum absolute atomic E-state index is 0.0417. The van der Waals surface area contributed by atoms with Gasteiger partial charge in [0.1, 0.15) is 12.2 Å². The molecule has 1 atom stereocenters. The molecule has 7 nitrogen and oxygen atoms in total. The van der Waals surface area contributed by atoms with Gasteiger partial charge in [0.15, 0.2) is 0 Å². The molecule has 4 rings (SSSR count).